The Morgan fingerprint density at radius 3 is 1.78 bits per heavy atom. The molecule has 18 heavy (non-hydrogen) atoms. The van der Waals surface area contributed by atoms with E-state index in [-0.39, 0.29) is 0 Å². The highest BCUT2D eigenvalue weighted by Crippen LogP contribution is 2.34. The molecule has 0 aliphatic carbocycles. The van der Waals surface area contributed by atoms with Gasteiger partial charge in [0.15, 0.2) is 0 Å². The van der Waals surface area contributed by atoms with Crippen LogP contribution in [0.25, 0.3) is 20.9 Å². The average molecular weight is 315 g/mol. The van der Waals surface area contributed by atoms with Crippen LogP contribution in [0.2, 0.25) is 0 Å². The molecule has 0 saturated heterocycles. The Kier molecular flexibility index (Phi) is 3.31. The van der Waals surface area contributed by atoms with E-state index in [4.69, 9.17) is 0 Å². The number of rotatable bonds is 2. The van der Waals surface area contributed by atoms with Crippen molar-refractivity contribution in [2.75, 3.05) is 0 Å². The van der Waals surface area contributed by atoms with Crippen LogP contribution >= 0.6 is 27.3 Å². The van der Waals surface area contributed by atoms with Gasteiger partial charge in [-0.1, -0.05) is 58.4 Å². The zero-order valence-corrected chi connectivity index (χ0v) is 12.0. The second-order valence-corrected chi connectivity index (χ2v) is 6.04. The first-order valence-electron chi connectivity index (χ1n) is 5.74. The Morgan fingerprint density at radius 1 is 0.611 bits per heavy atom. The van der Waals surface area contributed by atoms with Crippen LogP contribution in [0.1, 0.15) is 0 Å². The lowest BCUT2D eigenvalue weighted by Crippen LogP contribution is -1.70. The molecule has 0 radical (unpaired) electrons. The van der Waals surface area contributed by atoms with Crippen LogP contribution in [0.3, 0.4) is 0 Å². The normalized spacial score (nSPS) is 10.5. The Hall–Kier alpha value is -1.38. The van der Waals surface area contributed by atoms with Crippen molar-refractivity contribution in [3.05, 3.63) is 71.2 Å². The molecule has 0 aliphatic rings. The van der Waals surface area contributed by atoms with E-state index in [0.29, 0.717) is 0 Å². The zero-order chi connectivity index (χ0) is 12.4. The van der Waals surface area contributed by atoms with Gasteiger partial charge in [0.1, 0.15) is 0 Å². The molecule has 1 heterocycles. The third-order valence-electron chi connectivity index (χ3n) is 2.79. The van der Waals surface area contributed by atoms with Crippen LogP contribution in [-0.4, -0.2) is 0 Å². The van der Waals surface area contributed by atoms with E-state index in [1.807, 2.05) is 17.4 Å². The van der Waals surface area contributed by atoms with Gasteiger partial charge in [0.05, 0.1) is 0 Å². The van der Waals surface area contributed by atoms with Crippen molar-refractivity contribution in [1.82, 2.24) is 0 Å². The van der Waals surface area contributed by atoms with Crippen LogP contribution in [0.4, 0.5) is 0 Å². The Bertz CT molecular complexity index is 638. The maximum atomic E-state index is 3.46. The summed E-state index contributed by atoms with van der Waals surface area (Å²) in [4.78, 5) is 2.62. The first-order chi connectivity index (χ1) is 8.83. The van der Waals surface area contributed by atoms with E-state index in [1.54, 1.807) is 0 Å². The van der Waals surface area contributed by atoms with E-state index < -0.39 is 0 Å². The molecule has 3 rings (SSSR count). The number of hydrogen-bond acceptors (Lipinski definition) is 1. The Balaban J connectivity index is 1.97. The van der Waals surface area contributed by atoms with E-state index >= 15 is 0 Å². The van der Waals surface area contributed by atoms with Gasteiger partial charge in [0, 0.05) is 14.2 Å². The molecule has 88 valence electrons. The number of thiophene rings is 1. The molecule has 0 atom stereocenters. The van der Waals surface area contributed by atoms with Crippen molar-refractivity contribution in [2.24, 2.45) is 0 Å². The van der Waals surface area contributed by atoms with E-state index in [1.165, 1.54) is 20.9 Å². The van der Waals surface area contributed by atoms with Crippen LogP contribution in [0.5, 0.6) is 0 Å². The van der Waals surface area contributed by atoms with E-state index in [2.05, 4.69) is 76.6 Å². The minimum atomic E-state index is 1.12. The molecule has 0 amide bonds. The number of hydrogen-bond donors (Lipinski definition) is 0. The van der Waals surface area contributed by atoms with Crippen LogP contribution in [0.15, 0.2) is 71.2 Å². The molecule has 0 nitrogen and oxygen atoms in total. The molecule has 1 aromatic heterocycles. The second kappa shape index (κ2) is 5.09. The summed E-state index contributed by atoms with van der Waals surface area (Å²) in [6.45, 7) is 0. The second-order valence-electron chi connectivity index (χ2n) is 4.04. The third kappa shape index (κ3) is 2.40. The van der Waals surface area contributed by atoms with Gasteiger partial charge in [-0.15, -0.1) is 11.3 Å². The minimum Gasteiger partial charge on any atom is -0.135 e. The molecular weight excluding hydrogens is 304 g/mol. The summed E-state index contributed by atoms with van der Waals surface area (Å²) >= 11 is 5.29. The van der Waals surface area contributed by atoms with E-state index in [9.17, 15) is 0 Å². The zero-order valence-electron chi connectivity index (χ0n) is 9.64. The molecular formula is C16H11BrS. The molecule has 0 fully saturated rings. The lowest BCUT2D eigenvalue weighted by Gasteiger charge is -1.98. The monoisotopic (exact) mass is 314 g/mol. The SMILES string of the molecule is Brc1ccc(-c2ccc(-c3ccccc3)s2)cc1. The quantitative estimate of drug-likeness (QED) is 0.557. The average Bonchev–Trinajstić information content (AvgIpc) is 2.90. The van der Waals surface area contributed by atoms with Crippen LogP contribution in [0, 0.1) is 0 Å². The maximum absolute atomic E-state index is 3.46. The third-order valence-corrected chi connectivity index (χ3v) is 4.51. The molecule has 0 aliphatic heterocycles. The van der Waals surface area contributed by atoms with Crippen molar-refractivity contribution in [1.29, 1.82) is 0 Å². The fourth-order valence-electron chi connectivity index (χ4n) is 1.86. The van der Waals surface area contributed by atoms with Crippen molar-refractivity contribution in [3.63, 3.8) is 0 Å². The molecule has 0 saturated carbocycles. The summed E-state index contributed by atoms with van der Waals surface area (Å²) in [7, 11) is 0. The number of halogens is 1. The highest BCUT2D eigenvalue weighted by molar-refractivity contribution is 9.10. The van der Waals surface area contributed by atoms with Gasteiger partial charge in [0.25, 0.3) is 0 Å². The predicted molar refractivity (Wildman–Crippen MR) is 82.9 cm³/mol. The lowest BCUT2D eigenvalue weighted by molar-refractivity contribution is 1.65. The minimum absolute atomic E-state index is 1.12. The highest BCUT2D eigenvalue weighted by Gasteiger charge is 2.04. The number of benzene rings is 2. The molecule has 2 aromatic carbocycles. The largest absolute Gasteiger partial charge is 0.135 e. The fraction of sp³-hybridized carbons (Fsp3) is 0. The highest BCUT2D eigenvalue weighted by atomic mass is 79.9. The predicted octanol–water partition coefficient (Wildman–Crippen LogP) is 5.84. The van der Waals surface area contributed by atoms with Gasteiger partial charge in [-0.2, -0.15) is 0 Å². The van der Waals surface area contributed by atoms with E-state index in [0.717, 1.165) is 4.47 Å². The van der Waals surface area contributed by atoms with Crippen LogP contribution < -0.4 is 0 Å². The van der Waals surface area contributed by atoms with Gasteiger partial charge in [-0.3, -0.25) is 0 Å². The molecule has 0 N–H and O–H groups in total. The summed E-state index contributed by atoms with van der Waals surface area (Å²) in [5.74, 6) is 0. The first kappa shape index (κ1) is 11.7. The molecule has 3 aromatic rings. The summed E-state index contributed by atoms with van der Waals surface area (Å²) < 4.78 is 1.12. The lowest BCUT2D eigenvalue weighted by atomic mass is 10.2. The molecule has 0 bridgehead atoms. The van der Waals surface area contributed by atoms with Gasteiger partial charge < -0.3 is 0 Å². The van der Waals surface area contributed by atoms with Gasteiger partial charge in [0.2, 0.25) is 0 Å². The first-order valence-corrected chi connectivity index (χ1v) is 7.35. The smallest absolute Gasteiger partial charge is 0.0349 e. The van der Waals surface area contributed by atoms with Crippen molar-refractivity contribution >= 4 is 27.3 Å². The van der Waals surface area contributed by atoms with Gasteiger partial charge in [-0.25, -0.2) is 0 Å². The van der Waals surface area contributed by atoms with Crippen molar-refractivity contribution in [3.8, 4) is 20.9 Å². The van der Waals surface area contributed by atoms with Crippen LogP contribution in [-0.2, 0) is 0 Å². The van der Waals surface area contributed by atoms with Crippen molar-refractivity contribution < 1.29 is 0 Å². The molecule has 0 unspecified atom stereocenters. The maximum Gasteiger partial charge on any atom is 0.0349 e. The van der Waals surface area contributed by atoms with Gasteiger partial charge in [-0.05, 0) is 35.4 Å². The molecule has 2 heteroatoms. The topological polar surface area (TPSA) is 0 Å². The van der Waals surface area contributed by atoms with Gasteiger partial charge >= 0.3 is 0 Å². The molecule has 0 spiro atoms. The Morgan fingerprint density at radius 2 is 1.17 bits per heavy atom. The standard InChI is InChI=1S/C16H11BrS/c17-14-8-6-13(7-9-14)16-11-10-15(18-16)12-4-2-1-3-5-12/h1-11H. The summed E-state index contributed by atoms with van der Waals surface area (Å²) in [5, 5.41) is 0. The summed E-state index contributed by atoms with van der Waals surface area (Å²) in [6, 6.07) is 23.3. The summed E-state index contributed by atoms with van der Waals surface area (Å²) in [6.07, 6.45) is 0. The fourth-order valence-corrected chi connectivity index (χ4v) is 3.15. The summed E-state index contributed by atoms with van der Waals surface area (Å²) in [5.41, 5.74) is 2.55. The Labute approximate surface area is 119 Å². The van der Waals surface area contributed by atoms with Crippen molar-refractivity contribution in [2.45, 2.75) is 0 Å².